The van der Waals surface area contributed by atoms with E-state index in [1.54, 1.807) is 13.3 Å². The standard InChI is InChI=1S/C20H22N2O2/c1-3-13-12-22-9-7-14(13)10-19(22)20(23)16-6-8-21-18-5-4-15(24-2)11-17(16)18/h1,4-6,8,11,13-14,19-20,23H,7,9-10,12H2,2H3/t13-,14-,19+,20-/m0/s1. The van der Waals surface area contributed by atoms with Crippen molar-refractivity contribution in [3.63, 3.8) is 0 Å². The number of aromatic nitrogens is 1. The van der Waals surface area contributed by atoms with E-state index in [-0.39, 0.29) is 6.04 Å². The Bertz CT molecular complexity index is 798. The van der Waals surface area contributed by atoms with E-state index in [4.69, 9.17) is 11.2 Å². The van der Waals surface area contributed by atoms with E-state index in [0.29, 0.717) is 11.8 Å². The summed E-state index contributed by atoms with van der Waals surface area (Å²) in [6.07, 6.45) is 9.01. The normalized spacial score (nSPS) is 30.0. The number of terminal acetylenes is 1. The highest BCUT2D eigenvalue weighted by Crippen LogP contribution is 2.41. The van der Waals surface area contributed by atoms with Gasteiger partial charge in [0.1, 0.15) is 5.75 Å². The zero-order chi connectivity index (χ0) is 16.7. The smallest absolute Gasteiger partial charge is 0.119 e. The van der Waals surface area contributed by atoms with Gasteiger partial charge in [-0.3, -0.25) is 9.88 Å². The lowest BCUT2D eigenvalue weighted by Crippen LogP contribution is -2.55. The number of pyridine rings is 1. The minimum absolute atomic E-state index is 0.130. The van der Waals surface area contributed by atoms with Crippen molar-refractivity contribution in [3.05, 3.63) is 36.0 Å². The molecule has 4 nitrogen and oxygen atoms in total. The van der Waals surface area contributed by atoms with Crippen molar-refractivity contribution in [1.29, 1.82) is 0 Å². The van der Waals surface area contributed by atoms with E-state index in [1.807, 2.05) is 24.3 Å². The van der Waals surface area contributed by atoms with Gasteiger partial charge in [0.05, 0.1) is 18.7 Å². The highest BCUT2D eigenvalue weighted by atomic mass is 16.5. The number of piperidine rings is 3. The van der Waals surface area contributed by atoms with Crippen LogP contribution >= 0.6 is 0 Å². The van der Waals surface area contributed by atoms with Crippen molar-refractivity contribution in [2.75, 3.05) is 20.2 Å². The molecule has 5 rings (SSSR count). The average molecular weight is 322 g/mol. The molecular formula is C20H22N2O2. The first kappa shape index (κ1) is 15.4. The number of nitrogens with zero attached hydrogens (tertiary/aromatic N) is 2. The third-order valence-electron chi connectivity index (χ3n) is 5.68. The number of methoxy groups -OCH3 is 1. The highest BCUT2D eigenvalue weighted by molar-refractivity contribution is 5.83. The third-order valence-corrected chi connectivity index (χ3v) is 5.68. The second-order valence-corrected chi connectivity index (χ2v) is 6.85. The molecule has 2 aromatic rings. The third kappa shape index (κ3) is 2.45. The molecule has 3 saturated heterocycles. The van der Waals surface area contributed by atoms with Crippen LogP contribution in [0.2, 0.25) is 0 Å². The molecule has 0 spiro atoms. The number of aliphatic hydroxyl groups is 1. The topological polar surface area (TPSA) is 45.6 Å². The fourth-order valence-electron chi connectivity index (χ4n) is 4.32. The first-order valence-corrected chi connectivity index (χ1v) is 8.52. The number of hydrogen-bond donors (Lipinski definition) is 1. The largest absolute Gasteiger partial charge is 0.497 e. The Morgan fingerprint density at radius 1 is 1.42 bits per heavy atom. The van der Waals surface area contributed by atoms with Crippen LogP contribution in [0.5, 0.6) is 5.75 Å². The molecule has 5 atom stereocenters. The van der Waals surface area contributed by atoms with Gasteiger partial charge in [-0.25, -0.2) is 0 Å². The van der Waals surface area contributed by atoms with Crippen LogP contribution in [0.25, 0.3) is 10.9 Å². The summed E-state index contributed by atoms with van der Waals surface area (Å²) >= 11 is 0. The van der Waals surface area contributed by atoms with E-state index in [9.17, 15) is 5.11 Å². The Morgan fingerprint density at radius 2 is 2.29 bits per heavy atom. The maximum Gasteiger partial charge on any atom is 0.119 e. The van der Waals surface area contributed by atoms with Crippen LogP contribution in [0.4, 0.5) is 0 Å². The first-order chi connectivity index (χ1) is 11.7. The summed E-state index contributed by atoms with van der Waals surface area (Å²) in [5.41, 5.74) is 1.80. The first-order valence-electron chi connectivity index (χ1n) is 8.52. The second-order valence-electron chi connectivity index (χ2n) is 6.85. The quantitative estimate of drug-likeness (QED) is 0.883. The lowest BCUT2D eigenvalue weighted by molar-refractivity contribution is -0.0425. The minimum atomic E-state index is -0.538. The maximum absolute atomic E-state index is 11.1. The summed E-state index contributed by atoms with van der Waals surface area (Å²) in [4.78, 5) is 6.77. The van der Waals surface area contributed by atoms with Crippen molar-refractivity contribution in [2.24, 2.45) is 11.8 Å². The van der Waals surface area contributed by atoms with Gasteiger partial charge in [-0.05, 0) is 55.1 Å². The van der Waals surface area contributed by atoms with Crippen LogP contribution in [-0.4, -0.2) is 41.2 Å². The summed E-state index contributed by atoms with van der Waals surface area (Å²) in [5.74, 6) is 4.57. The summed E-state index contributed by atoms with van der Waals surface area (Å²) < 4.78 is 5.34. The molecule has 124 valence electrons. The molecule has 1 aromatic heterocycles. The molecule has 3 aliphatic heterocycles. The second kappa shape index (κ2) is 6.08. The summed E-state index contributed by atoms with van der Waals surface area (Å²) in [6, 6.07) is 7.85. The lowest BCUT2D eigenvalue weighted by atomic mass is 9.74. The summed E-state index contributed by atoms with van der Waals surface area (Å²) in [7, 11) is 1.65. The number of fused-ring (bicyclic) bond motifs is 4. The molecule has 4 heterocycles. The fraction of sp³-hybridized carbons (Fsp3) is 0.450. The molecule has 1 unspecified atom stereocenters. The number of hydrogen-bond acceptors (Lipinski definition) is 4. The van der Waals surface area contributed by atoms with Crippen molar-refractivity contribution in [1.82, 2.24) is 9.88 Å². The van der Waals surface area contributed by atoms with Crippen LogP contribution in [0, 0.1) is 24.2 Å². The summed E-state index contributed by atoms with van der Waals surface area (Å²) in [6.45, 7) is 1.92. The van der Waals surface area contributed by atoms with E-state index in [0.717, 1.165) is 48.1 Å². The Labute approximate surface area is 142 Å². The predicted molar refractivity (Wildman–Crippen MR) is 93.7 cm³/mol. The molecule has 0 aliphatic carbocycles. The van der Waals surface area contributed by atoms with Gasteiger partial charge in [0.15, 0.2) is 0 Å². The van der Waals surface area contributed by atoms with Gasteiger partial charge in [-0.2, -0.15) is 0 Å². The average Bonchev–Trinajstić information content (AvgIpc) is 2.66. The van der Waals surface area contributed by atoms with Crippen LogP contribution in [0.15, 0.2) is 30.5 Å². The van der Waals surface area contributed by atoms with Crippen molar-refractivity contribution < 1.29 is 9.84 Å². The number of ether oxygens (including phenoxy) is 1. The van der Waals surface area contributed by atoms with Crippen molar-refractivity contribution in [3.8, 4) is 18.1 Å². The molecule has 3 aliphatic rings. The SMILES string of the molecule is C#C[C@H]1CN2CC[C@H]1C[C@@H]2[C@@H](O)c1ccnc2ccc(OC)cc12. The Kier molecular flexibility index (Phi) is 3.91. The predicted octanol–water partition coefficient (Wildman–Crippen LogP) is 2.62. The van der Waals surface area contributed by atoms with Crippen LogP contribution in [-0.2, 0) is 0 Å². The number of rotatable bonds is 3. The molecule has 1 aromatic carbocycles. The van der Waals surface area contributed by atoms with Gasteiger partial charge in [-0.1, -0.05) is 0 Å². The Morgan fingerprint density at radius 3 is 3.00 bits per heavy atom. The Hall–Kier alpha value is -2.09. The minimum Gasteiger partial charge on any atom is -0.497 e. The molecule has 4 heteroatoms. The van der Waals surface area contributed by atoms with E-state index < -0.39 is 6.10 Å². The molecule has 3 fully saturated rings. The van der Waals surface area contributed by atoms with E-state index in [1.165, 1.54) is 0 Å². The molecule has 24 heavy (non-hydrogen) atoms. The zero-order valence-electron chi connectivity index (χ0n) is 13.9. The molecule has 0 radical (unpaired) electrons. The molecule has 0 amide bonds. The maximum atomic E-state index is 11.1. The molecule has 2 bridgehead atoms. The monoisotopic (exact) mass is 322 g/mol. The summed E-state index contributed by atoms with van der Waals surface area (Å²) in [5, 5.41) is 12.1. The fourth-order valence-corrected chi connectivity index (χ4v) is 4.32. The van der Waals surface area contributed by atoms with Crippen molar-refractivity contribution in [2.45, 2.75) is 25.0 Å². The highest BCUT2D eigenvalue weighted by Gasteiger charge is 2.42. The van der Waals surface area contributed by atoms with Gasteiger partial charge in [0.2, 0.25) is 0 Å². The van der Waals surface area contributed by atoms with Gasteiger partial charge < -0.3 is 9.84 Å². The number of aliphatic hydroxyl groups excluding tert-OH is 1. The van der Waals surface area contributed by atoms with E-state index >= 15 is 0 Å². The Balaban J connectivity index is 1.69. The van der Waals surface area contributed by atoms with Gasteiger partial charge in [-0.15, -0.1) is 12.3 Å². The van der Waals surface area contributed by atoms with Crippen LogP contribution in [0.3, 0.4) is 0 Å². The lowest BCUT2D eigenvalue weighted by Gasteiger charge is -2.50. The van der Waals surface area contributed by atoms with Gasteiger partial charge in [0.25, 0.3) is 0 Å². The van der Waals surface area contributed by atoms with E-state index in [2.05, 4.69) is 15.8 Å². The van der Waals surface area contributed by atoms with Gasteiger partial charge >= 0.3 is 0 Å². The van der Waals surface area contributed by atoms with Gasteiger partial charge in [0, 0.05) is 30.1 Å². The van der Waals surface area contributed by atoms with Crippen LogP contribution in [0.1, 0.15) is 24.5 Å². The van der Waals surface area contributed by atoms with Crippen LogP contribution < -0.4 is 4.74 Å². The molecular weight excluding hydrogens is 300 g/mol. The molecule has 0 saturated carbocycles. The zero-order valence-corrected chi connectivity index (χ0v) is 13.9. The van der Waals surface area contributed by atoms with Crippen molar-refractivity contribution >= 4 is 10.9 Å². The number of benzene rings is 1. The molecule has 1 N–H and O–H groups in total.